The van der Waals surface area contributed by atoms with Gasteiger partial charge in [0.25, 0.3) is 5.91 Å². The van der Waals surface area contributed by atoms with Crippen LogP contribution in [0.4, 0.5) is 0 Å². The Hall–Kier alpha value is -4.89. The smallest absolute Gasteiger partial charge is 0.252 e. The molecule has 4 heterocycles. The average molecular weight is 519 g/mol. The van der Waals surface area contributed by atoms with Gasteiger partial charge in [-0.05, 0) is 47.5 Å². The molecule has 194 valence electrons. The number of benzene rings is 3. The average Bonchev–Trinajstić information content (AvgIpc) is 3.69. The maximum Gasteiger partial charge on any atom is 0.252 e. The predicted octanol–water partition coefficient (Wildman–Crippen LogP) is 3.55. The standard InChI is InChI=1S/C30H27N7O2/c1-36-14-19(32-16-36)15-37-17-33-25-9-6-18(10-27(25)37)12-31-13-26-28(22-4-2-3-5-24(22)34-26)29-23-11-20(38)7-8-21(23)30(39)35-29/h2-11,14,16-17,29,31,34H,12-13,15H2,1H3,(H2,35,38,39)/p+1. The van der Waals surface area contributed by atoms with Gasteiger partial charge < -0.3 is 25.3 Å². The van der Waals surface area contributed by atoms with E-state index in [1.54, 1.807) is 18.2 Å². The molecule has 1 aliphatic heterocycles. The molecule has 0 fully saturated rings. The van der Waals surface area contributed by atoms with Gasteiger partial charge in [-0.3, -0.25) is 4.79 Å². The molecule has 0 saturated heterocycles. The van der Waals surface area contributed by atoms with E-state index in [1.165, 1.54) is 5.56 Å². The quantitative estimate of drug-likeness (QED) is 0.208. The molecule has 0 spiro atoms. The molecule has 3 aromatic heterocycles. The number of carbonyl (C=O) groups is 1. The number of hydrogen-bond acceptors (Lipinski definition) is 4. The molecule has 0 bridgehead atoms. The highest BCUT2D eigenvalue weighted by atomic mass is 16.3. The minimum absolute atomic E-state index is 0.127. The highest BCUT2D eigenvalue weighted by Gasteiger charge is 2.33. The molecule has 0 saturated carbocycles. The second kappa shape index (κ2) is 9.14. The van der Waals surface area contributed by atoms with Crippen LogP contribution in [-0.4, -0.2) is 30.5 Å². The molecule has 39 heavy (non-hydrogen) atoms. The largest absolute Gasteiger partial charge is 0.508 e. The van der Waals surface area contributed by atoms with Crippen molar-refractivity contribution >= 4 is 27.8 Å². The molecule has 7 rings (SSSR count). The lowest BCUT2D eigenvalue weighted by atomic mass is 9.95. The monoisotopic (exact) mass is 518 g/mol. The first-order chi connectivity index (χ1) is 19.0. The Bertz CT molecular complexity index is 1860. The number of H-pyrrole nitrogens is 2. The summed E-state index contributed by atoms with van der Waals surface area (Å²) < 4.78 is 4.13. The lowest BCUT2D eigenvalue weighted by Crippen LogP contribution is -2.32. The van der Waals surface area contributed by atoms with E-state index in [-0.39, 0.29) is 17.7 Å². The third-order valence-corrected chi connectivity index (χ3v) is 7.45. The Morgan fingerprint density at radius 1 is 1.08 bits per heavy atom. The molecule has 1 amide bonds. The van der Waals surface area contributed by atoms with Gasteiger partial charge in [0.15, 0.2) is 11.0 Å². The second-order valence-corrected chi connectivity index (χ2v) is 10.1. The lowest BCUT2D eigenvalue weighted by Gasteiger charge is -2.15. The van der Waals surface area contributed by atoms with E-state index in [2.05, 4.69) is 54.4 Å². The van der Waals surface area contributed by atoms with E-state index < -0.39 is 0 Å². The van der Waals surface area contributed by atoms with Crippen molar-refractivity contribution in [2.75, 3.05) is 0 Å². The normalized spacial score (nSPS) is 14.8. The molecule has 0 aliphatic carbocycles. The number of aromatic nitrogens is 5. The highest BCUT2D eigenvalue weighted by molar-refractivity contribution is 6.01. The van der Waals surface area contributed by atoms with E-state index in [4.69, 9.17) is 0 Å². The molecule has 9 heteroatoms. The maximum atomic E-state index is 12.7. The van der Waals surface area contributed by atoms with Crippen LogP contribution in [0.2, 0.25) is 0 Å². The van der Waals surface area contributed by atoms with Crippen molar-refractivity contribution in [2.45, 2.75) is 25.7 Å². The molecule has 1 atom stereocenters. The van der Waals surface area contributed by atoms with Crippen molar-refractivity contribution in [1.82, 2.24) is 30.2 Å². The summed E-state index contributed by atoms with van der Waals surface area (Å²) in [5.74, 6) is 0.0215. The van der Waals surface area contributed by atoms with Crippen LogP contribution in [0.5, 0.6) is 5.75 Å². The number of aromatic hydroxyl groups is 1. The van der Waals surface area contributed by atoms with Crippen LogP contribution in [0.1, 0.15) is 44.5 Å². The first-order valence-corrected chi connectivity index (χ1v) is 12.9. The van der Waals surface area contributed by atoms with Crippen LogP contribution in [0.15, 0.2) is 79.5 Å². The molecule has 0 radical (unpaired) electrons. The number of nitrogens with zero attached hydrogens (tertiary/aromatic N) is 3. The molecule has 9 nitrogen and oxygen atoms in total. The number of aryl methyl sites for hydroxylation is 1. The third-order valence-electron chi connectivity index (χ3n) is 7.45. The van der Waals surface area contributed by atoms with Crippen molar-refractivity contribution in [3.8, 4) is 5.75 Å². The third kappa shape index (κ3) is 4.13. The topological polar surface area (TPSA) is 115 Å². The number of carbonyl (C=O) groups excluding carboxylic acids is 1. The van der Waals surface area contributed by atoms with Crippen LogP contribution >= 0.6 is 0 Å². The zero-order valence-electron chi connectivity index (χ0n) is 21.4. The van der Waals surface area contributed by atoms with Crippen molar-refractivity contribution < 1.29 is 14.5 Å². The number of amides is 1. The zero-order chi connectivity index (χ0) is 26.5. The van der Waals surface area contributed by atoms with Gasteiger partial charge in [0.1, 0.15) is 12.3 Å². The van der Waals surface area contributed by atoms with Gasteiger partial charge >= 0.3 is 0 Å². The molecule has 6 aromatic rings. The summed E-state index contributed by atoms with van der Waals surface area (Å²) in [6, 6.07) is 19.1. The van der Waals surface area contributed by atoms with Crippen molar-refractivity contribution in [1.29, 1.82) is 0 Å². The van der Waals surface area contributed by atoms with Crippen molar-refractivity contribution in [3.05, 3.63) is 113 Å². The Morgan fingerprint density at radius 2 is 1.97 bits per heavy atom. The summed E-state index contributed by atoms with van der Waals surface area (Å²) in [4.78, 5) is 24.1. The number of para-hydroxylation sites is 1. The van der Waals surface area contributed by atoms with E-state index >= 15 is 0 Å². The van der Waals surface area contributed by atoms with E-state index in [0.29, 0.717) is 25.2 Å². The number of rotatable bonds is 7. The van der Waals surface area contributed by atoms with Crippen LogP contribution in [-0.2, 0) is 26.7 Å². The number of nitrogens with one attached hydrogen (secondary N) is 4. The van der Waals surface area contributed by atoms with Gasteiger partial charge in [-0.15, -0.1) is 0 Å². The van der Waals surface area contributed by atoms with E-state index in [0.717, 1.165) is 44.5 Å². The number of phenols is 1. The number of hydrogen-bond donors (Lipinski definition) is 5. The Morgan fingerprint density at radius 3 is 2.85 bits per heavy atom. The number of phenolic OH excluding ortho intramolecular Hbond substituents is 1. The molecule has 1 aliphatic rings. The SMILES string of the molecule is Cn1cnc(C[n+]2c[nH]c3ccc(CNCc4[nH]c5ccccc5c4C4NC(=O)c5ccc(O)cc54)cc32)c1. The van der Waals surface area contributed by atoms with E-state index in [9.17, 15) is 9.90 Å². The minimum atomic E-state index is -0.339. The number of aromatic amines is 2. The van der Waals surface area contributed by atoms with Crippen LogP contribution in [0.3, 0.4) is 0 Å². The molecule has 3 aromatic carbocycles. The van der Waals surface area contributed by atoms with Crippen LogP contribution < -0.4 is 15.2 Å². The summed E-state index contributed by atoms with van der Waals surface area (Å²) in [6.07, 6.45) is 5.83. The first kappa shape index (κ1) is 23.2. The second-order valence-electron chi connectivity index (χ2n) is 10.1. The first-order valence-electron chi connectivity index (χ1n) is 12.9. The van der Waals surface area contributed by atoms with Gasteiger partial charge in [-0.1, -0.05) is 24.3 Å². The molecular formula is C30H28N7O2+. The predicted molar refractivity (Wildman–Crippen MR) is 147 cm³/mol. The maximum absolute atomic E-state index is 12.7. The number of imidazole rings is 2. The van der Waals surface area contributed by atoms with Crippen molar-refractivity contribution in [2.24, 2.45) is 7.05 Å². The van der Waals surface area contributed by atoms with E-state index in [1.807, 2.05) is 48.7 Å². The fraction of sp³-hybridized carbons (Fsp3) is 0.167. The number of fused-ring (bicyclic) bond motifs is 3. The van der Waals surface area contributed by atoms with Crippen LogP contribution in [0.25, 0.3) is 21.9 Å². The zero-order valence-corrected chi connectivity index (χ0v) is 21.4. The Kier molecular flexibility index (Phi) is 5.45. The van der Waals surface area contributed by atoms with Gasteiger partial charge in [0.2, 0.25) is 6.33 Å². The lowest BCUT2D eigenvalue weighted by molar-refractivity contribution is -0.662. The molecular weight excluding hydrogens is 490 g/mol. The fourth-order valence-corrected chi connectivity index (χ4v) is 5.65. The van der Waals surface area contributed by atoms with Gasteiger partial charge in [0, 0.05) is 54.1 Å². The Balaban J connectivity index is 1.15. The van der Waals surface area contributed by atoms with Gasteiger partial charge in [-0.25, -0.2) is 14.5 Å². The minimum Gasteiger partial charge on any atom is -0.508 e. The summed E-state index contributed by atoms with van der Waals surface area (Å²) >= 11 is 0. The molecule has 1 unspecified atom stereocenters. The Labute approximate surface area is 224 Å². The summed E-state index contributed by atoms with van der Waals surface area (Å²) in [6.45, 7) is 1.96. The van der Waals surface area contributed by atoms with Crippen LogP contribution in [0, 0.1) is 0 Å². The molecule has 5 N–H and O–H groups in total. The van der Waals surface area contributed by atoms with Crippen molar-refractivity contribution in [3.63, 3.8) is 0 Å². The fourth-order valence-electron chi connectivity index (χ4n) is 5.65. The summed E-state index contributed by atoms with van der Waals surface area (Å²) in [5.41, 5.74) is 8.79. The van der Waals surface area contributed by atoms with Gasteiger partial charge in [-0.2, -0.15) is 0 Å². The van der Waals surface area contributed by atoms with Gasteiger partial charge in [0.05, 0.1) is 18.1 Å². The summed E-state index contributed by atoms with van der Waals surface area (Å²) in [7, 11) is 1.97. The highest BCUT2D eigenvalue weighted by Crippen LogP contribution is 2.38. The summed E-state index contributed by atoms with van der Waals surface area (Å²) in [5, 5.41) is 17.9.